The molecular formula is C10H13NO3. The molecule has 0 radical (unpaired) electrons. The van der Waals surface area contributed by atoms with Crippen molar-refractivity contribution in [2.75, 3.05) is 13.2 Å². The summed E-state index contributed by atoms with van der Waals surface area (Å²) in [5.41, 5.74) is 0.408. The van der Waals surface area contributed by atoms with E-state index < -0.39 is 0 Å². The second-order valence-corrected chi connectivity index (χ2v) is 3.54. The van der Waals surface area contributed by atoms with Gasteiger partial charge in [-0.3, -0.25) is 4.79 Å². The molecule has 2 rings (SSSR count). The number of Topliss-reactive ketones (excluding diaryl/α,β-unsaturated/α-hetero) is 1. The quantitative estimate of drug-likeness (QED) is 0.675. The minimum Gasteiger partial charge on any atom is -0.448 e. The Morgan fingerprint density at radius 1 is 1.64 bits per heavy atom. The lowest BCUT2D eigenvalue weighted by atomic mass is 10.0. The van der Waals surface area contributed by atoms with Gasteiger partial charge in [0.15, 0.2) is 11.7 Å². The third-order valence-electron chi connectivity index (χ3n) is 2.39. The number of ketones is 1. The fraction of sp³-hybridized carbons (Fsp3) is 0.600. The molecule has 1 aromatic heterocycles. The van der Waals surface area contributed by atoms with Crippen LogP contribution in [0, 0.1) is 0 Å². The lowest BCUT2D eigenvalue weighted by molar-refractivity contribution is 0.0725. The summed E-state index contributed by atoms with van der Waals surface area (Å²) < 4.78 is 10.6. The van der Waals surface area contributed by atoms with E-state index in [4.69, 9.17) is 9.15 Å². The van der Waals surface area contributed by atoms with E-state index in [2.05, 4.69) is 4.98 Å². The highest BCUT2D eigenvalue weighted by molar-refractivity contribution is 5.91. The minimum absolute atomic E-state index is 0.0586. The van der Waals surface area contributed by atoms with E-state index >= 15 is 0 Å². The van der Waals surface area contributed by atoms with E-state index in [-0.39, 0.29) is 11.7 Å². The molecule has 0 aliphatic carbocycles. The Labute approximate surface area is 82.3 Å². The molecule has 14 heavy (non-hydrogen) atoms. The van der Waals surface area contributed by atoms with Crippen LogP contribution in [0.1, 0.15) is 42.1 Å². The zero-order valence-corrected chi connectivity index (χ0v) is 8.16. The molecule has 76 valence electrons. The topological polar surface area (TPSA) is 52.3 Å². The number of rotatable bonds is 2. The molecule has 1 aliphatic rings. The fourth-order valence-corrected chi connectivity index (χ4v) is 1.57. The molecule has 1 aromatic rings. The number of ether oxygens (including phenoxy) is 1. The van der Waals surface area contributed by atoms with E-state index in [1.165, 1.54) is 13.2 Å². The third kappa shape index (κ3) is 1.85. The van der Waals surface area contributed by atoms with Crippen molar-refractivity contribution in [1.82, 2.24) is 4.98 Å². The first-order valence-electron chi connectivity index (χ1n) is 4.81. The first kappa shape index (κ1) is 9.40. The normalized spacial score (nSPS) is 22.2. The molecule has 2 heterocycles. The molecule has 1 aliphatic heterocycles. The molecule has 0 saturated carbocycles. The van der Waals surface area contributed by atoms with E-state index in [1.54, 1.807) is 0 Å². The van der Waals surface area contributed by atoms with Crippen LogP contribution in [0.15, 0.2) is 10.7 Å². The molecule has 4 heteroatoms. The van der Waals surface area contributed by atoms with Crippen molar-refractivity contribution in [3.05, 3.63) is 17.8 Å². The largest absolute Gasteiger partial charge is 0.448 e. The minimum atomic E-state index is -0.0586. The first-order valence-corrected chi connectivity index (χ1v) is 4.81. The Kier molecular flexibility index (Phi) is 2.63. The standard InChI is InChI=1S/C10H13NO3/c1-7(12)9-6-14-10(11-9)8-3-2-4-13-5-8/h6,8H,2-5H2,1H3. The summed E-state index contributed by atoms with van der Waals surface area (Å²) in [7, 11) is 0. The van der Waals surface area contributed by atoms with Crippen molar-refractivity contribution in [3.63, 3.8) is 0 Å². The SMILES string of the molecule is CC(=O)c1coc(C2CCCOC2)n1. The number of hydrogen-bond acceptors (Lipinski definition) is 4. The van der Waals surface area contributed by atoms with Crippen LogP contribution in [0.25, 0.3) is 0 Å². The molecule has 0 bridgehead atoms. The van der Waals surface area contributed by atoms with E-state index in [1.807, 2.05) is 0 Å². The second kappa shape index (κ2) is 3.92. The van der Waals surface area contributed by atoms with Crippen LogP contribution in [0.4, 0.5) is 0 Å². The average molecular weight is 195 g/mol. The maximum atomic E-state index is 11.0. The van der Waals surface area contributed by atoms with Gasteiger partial charge in [-0.2, -0.15) is 0 Å². The van der Waals surface area contributed by atoms with Gasteiger partial charge in [-0.1, -0.05) is 0 Å². The maximum Gasteiger partial charge on any atom is 0.200 e. The van der Waals surface area contributed by atoms with Gasteiger partial charge in [0.25, 0.3) is 0 Å². The predicted molar refractivity (Wildman–Crippen MR) is 49.3 cm³/mol. The Hall–Kier alpha value is -1.16. The molecule has 1 atom stereocenters. The molecule has 0 amide bonds. The summed E-state index contributed by atoms with van der Waals surface area (Å²) in [4.78, 5) is 15.1. The van der Waals surface area contributed by atoms with Gasteiger partial charge in [0.05, 0.1) is 12.5 Å². The Bertz CT molecular complexity index is 326. The van der Waals surface area contributed by atoms with E-state index in [9.17, 15) is 4.79 Å². The second-order valence-electron chi connectivity index (χ2n) is 3.54. The third-order valence-corrected chi connectivity index (χ3v) is 2.39. The van der Waals surface area contributed by atoms with Gasteiger partial charge in [-0.25, -0.2) is 4.98 Å². The average Bonchev–Trinajstić information content (AvgIpc) is 2.68. The Morgan fingerprint density at radius 3 is 3.07 bits per heavy atom. The molecule has 1 unspecified atom stereocenters. The van der Waals surface area contributed by atoms with Crippen molar-refractivity contribution >= 4 is 5.78 Å². The van der Waals surface area contributed by atoms with Crippen LogP contribution < -0.4 is 0 Å². The number of carbonyl (C=O) groups is 1. The molecule has 1 saturated heterocycles. The smallest absolute Gasteiger partial charge is 0.200 e. The zero-order valence-electron chi connectivity index (χ0n) is 8.16. The summed E-state index contributed by atoms with van der Waals surface area (Å²) in [5, 5.41) is 0. The Morgan fingerprint density at radius 2 is 2.50 bits per heavy atom. The number of hydrogen-bond donors (Lipinski definition) is 0. The zero-order chi connectivity index (χ0) is 9.97. The highest BCUT2D eigenvalue weighted by Gasteiger charge is 2.21. The Balaban J connectivity index is 2.11. The lowest BCUT2D eigenvalue weighted by Crippen LogP contribution is -2.15. The van der Waals surface area contributed by atoms with E-state index in [0.29, 0.717) is 18.2 Å². The number of aromatic nitrogens is 1. The van der Waals surface area contributed by atoms with Gasteiger partial charge in [-0.15, -0.1) is 0 Å². The van der Waals surface area contributed by atoms with Crippen molar-refractivity contribution in [2.24, 2.45) is 0 Å². The fourth-order valence-electron chi connectivity index (χ4n) is 1.57. The lowest BCUT2D eigenvalue weighted by Gasteiger charge is -2.18. The van der Waals surface area contributed by atoms with Crippen LogP contribution in [-0.4, -0.2) is 24.0 Å². The van der Waals surface area contributed by atoms with Crippen LogP contribution in [0.5, 0.6) is 0 Å². The maximum absolute atomic E-state index is 11.0. The van der Waals surface area contributed by atoms with Crippen molar-refractivity contribution < 1.29 is 13.9 Å². The molecule has 4 nitrogen and oxygen atoms in total. The van der Waals surface area contributed by atoms with Crippen molar-refractivity contribution in [1.29, 1.82) is 0 Å². The van der Waals surface area contributed by atoms with Crippen molar-refractivity contribution in [3.8, 4) is 0 Å². The summed E-state index contributed by atoms with van der Waals surface area (Å²) in [6.45, 7) is 2.95. The van der Waals surface area contributed by atoms with Gasteiger partial charge in [0.1, 0.15) is 12.0 Å². The molecule has 0 aromatic carbocycles. The number of carbonyl (C=O) groups excluding carboxylic acids is 1. The van der Waals surface area contributed by atoms with Crippen LogP contribution in [0.3, 0.4) is 0 Å². The van der Waals surface area contributed by atoms with Gasteiger partial charge in [0.2, 0.25) is 0 Å². The van der Waals surface area contributed by atoms with Crippen LogP contribution in [0.2, 0.25) is 0 Å². The van der Waals surface area contributed by atoms with Crippen LogP contribution >= 0.6 is 0 Å². The summed E-state index contributed by atoms with van der Waals surface area (Å²) >= 11 is 0. The first-order chi connectivity index (χ1) is 6.77. The molecule has 0 N–H and O–H groups in total. The van der Waals surface area contributed by atoms with E-state index in [0.717, 1.165) is 19.4 Å². The number of nitrogens with zero attached hydrogens (tertiary/aromatic N) is 1. The summed E-state index contributed by atoms with van der Waals surface area (Å²) in [5.74, 6) is 0.795. The van der Waals surface area contributed by atoms with Crippen molar-refractivity contribution in [2.45, 2.75) is 25.7 Å². The van der Waals surface area contributed by atoms with Gasteiger partial charge in [0, 0.05) is 13.5 Å². The highest BCUT2D eigenvalue weighted by Crippen LogP contribution is 2.24. The van der Waals surface area contributed by atoms with Gasteiger partial charge < -0.3 is 9.15 Å². The van der Waals surface area contributed by atoms with Crippen LogP contribution in [-0.2, 0) is 4.74 Å². The molecular weight excluding hydrogens is 182 g/mol. The monoisotopic (exact) mass is 195 g/mol. The van der Waals surface area contributed by atoms with Gasteiger partial charge >= 0.3 is 0 Å². The predicted octanol–water partition coefficient (Wildman–Crippen LogP) is 1.77. The van der Waals surface area contributed by atoms with Gasteiger partial charge in [-0.05, 0) is 12.8 Å². The summed E-state index contributed by atoms with van der Waals surface area (Å²) in [6.07, 6.45) is 3.48. The highest BCUT2D eigenvalue weighted by atomic mass is 16.5. The summed E-state index contributed by atoms with van der Waals surface area (Å²) in [6, 6.07) is 0. The number of oxazole rings is 1. The molecule has 0 spiro atoms. The molecule has 1 fully saturated rings.